The van der Waals surface area contributed by atoms with Crippen molar-refractivity contribution in [2.45, 2.75) is 0 Å². The number of methoxy groups -OCH3 is 1. The van der Waals surface area contributed by atoms with Gasteiger partial charge in [-0.3, -0.25) is 0 Å². The van der Waals surface area contributed by atoms with Gasteiger partial charge in [-0.25, -0.2) is 9.78 Å². The number of benzene rings is 2. The first kappa shape index (κ1) is 13.4. The molecule has 0 saturated carbocycles. The van der Waals surface area contributed by atoms with Gasteiger partial charge >= 0.3 is 5.97 Å². The first-order chi connectivity index (χ1) is 10.2. The van der Waals surface area contributed by atoms with Crippen molar-refractivity contribution in [3.8, 4) is 5.75 Å². The number of hydrogen-bond acceptors (Lipinski definition) is 5. The molecule has 106 valence electrons. The van der Waals surface area contributed by atoms with Gasteiger partial charge in [0, 0.05) is 5.69 Å². The highest BCUT2D eigenvalue weighted by atomic mass is 32.1. The van der Waals surface area contributed by atoms with Crippen LogP contribution >= 0.6 is 11.3 Å². The highest BCUT2D eigenvalue weighted by Gasteiger charge is 2.06. The lowest BCUT2D eigenvalue weighted by Gasteiger charge is -2.02. The van der Waals surface area contributed by atoms with Crippen LogP contribution in [0.25, 0.3) is 10.2 Å². The first-order valence-corrected chi connectivity index (χ1v) is 7.02. The molecular formula is C15H12N2O3S. The second-order valence-electron chi connectivity index (χ2n) is 4.36. The van der Waals surface area contributed by atoms with Crippen molar-refractivity contribution in [3.05, 3.63) is 48.0 Å². The van der Waals surface area contributed by atoms with E-state index in [1.807, 2.05) is 18.2 Å². The molecule has 0 radical (unpaired) electrons. The zero-order chi connectivity index (χ0) is 14.8. The Bertz CT molecular complexity index is 796. The first-order valence-electron chi connectivity index (χ1n) is 6.20. The Hall–Kier alpha value is -2.60. The van der Waals surface area contributed by atoms with Crippen LogP contribution in [0.5, 0.6) is 5.75 Å². The van der Waals surface area contributed by atoms with Crippen LogP contribution in [0.2, 0.25) is 0 Å². The molecule has 0 aliphatic heterocycles. The molecule has 0 aliphatic rings. The predicted molar refractivity (Wildman–Crippen MR) is 82.9 cm³/mol. The van der Waals surface area contributed by atoms with Crippen LogP contribution in [0, 0.1) is 0 Å². The van der Waals surface area contributed by atoms with E-state index < -0.39 is 5.97 Å². The molecule has 0 bridgehead atoms. The summed E-state index contributed by atoms with van der Waals surface area (Å²) in [6, 6.07) is 12.3. The Morgan fingerprint density at radius 3 is 2.67 bits per heavy atom. The van der Waals surface area contributed by atoms with Gasteiger partial charge in [-0.15, -0.1) is 0 Å². The van der Waals surface area contributed by atoms with Crippen molar-refractivity contribution in [1.82, 2.24) is 4.98 Å². The minimum atomic E-state index is -0.936. The number of carbonyl (C=O) groups is 1. The fourth-order valence-corrected chi connectivity index (χ4v) is 2.82. The van der Waals surface area contributed by atoms with Crippen molar-refractivity contribution in [3.63, 3.8) is 0 Å². The summed E-state index contributed by atoms with van der Waals surface area (Å²) in [6.07, 6.45) is 0. The molecule has 2 N–H and O–H groups in total. The summed E-state index contributed by atoms with van der Waals surface area (Å²) < 4.78 is 6.22. The highest BCUT2D eigenvalue weighted by molar-refractivity contribution is 7.22. The summed E-state index contributed by atoms with van der Waals surface area (Å²) in [5.41, 5.74) is 1.95. The molecule has 6 heteroatoms. The molecule has 1 aromatic heterocycles. The van der Waals surface area contributed by atoms with Crippen molar-refractivity contribution in [2.75, 3.05) is 12.4 Å². The Morgan fingerprint density at radius 1 is 1.24 bits per heavy atom. The number of carboxylic acid groups (broad SMARTS) is 1. The van der Waals surface area contributed by atoms with Gasteiger partial charge in [-0.1, -0.05) is 11.3 Å². The normalized spacial score (nSPS) is 10.5. The van der Waals surface area contributed by atoms with Gasteiger partial charge in [-0.05, 0) is 42.5 Å². The molecule has 0 amide bonds. The maximum atomic E-state index is 10.8. The fraction of sp³-hybridized carbons (Fsp3) is 0.0667. The fourth-order valence-electron chi connectivity index (χ4n) is 1.90. The van der Waals surface area contributed by atoms with E-state index in [1.165, 1.54) is 11.3 Å². The summed E-state index contributed by atoms with van der Waals surface area (Å²) in [7, 11) is 1.63. The zero-order valence-corrected chi connectivity index (χ0v) is 12.0. The number of hydrogen-bond donors (Lipinski definition) is 2. The molecule has 0 aliphatic carbocycles. The third-order valence-electron chi connectivity index (χ3n) is 2.98. The van der Waals surface area contributed by atoms with E-state index >= 15 is 0 Å². The van der Waals surface area contributed by atoms with Crippen molar-refractivity contribution in [1.29, 1.82) is 0 Å². The number of ether oxygens (including phenoxy) is 1. The predicted octanol–water partition coefficient (Wildman–Crippen LogP) is 3.75. The summed E-state index contributed by atoms with van der Waals surface area (Å²) >= 11 is 1.51. The van der Waals surface area contributed by atoms with Gasteiger partial charge in [-0.2, -0.15) is 0 Å². The molecule has 0 fully saturated rings. The standard InChI is InChI=1S/C15H12N2O3S/c1-20-11-6-7-12-13(8-11)21-15(17-12)16-10-4-2-9(3-5-10)14(18)19/h2-8H,1H3,(H,16,17)(H,18,19). The molecule has 0 unspecified atom stereocenters. The van der Waals surface area contributed by atoms with Crippen LogP contribution in [0.4, 0.5) is 10.8 Å². The Labute approximate surface area is 124 Å². The molecule has 3 aromatic rings. The molecule has 2 aromatic carbocycles. The number of nitrogens with one attached hydrogen (secondary N) is 1. The number of aromatic carboxylic acids is 1. The van der Waals surface area contributed by atoms with Crippen molar-refractivity contribution < 1.29 is 14.6 Å². The Balaban J connectivity index is 1.85. The Kier molecular flexibility index (Phi) is 3.45. The maximum Gasteiger partial charge on any atom is 0.335 e. The number of anilines is 2. The van der Waals surface area contributed by atoms with Gasteiger partial charge in [0.15, 0.2) is 5.13 Å². The van der Waals surface area contributed by atoms with Crippen LogP contribution in [0.3, 0.4) is 0 Å². The van der Waals surface area contributed by atoms with Crippen LogP contribution < -0.4 is 10.1 Å². The summed E-state index contributed by atoms with van der Waals surface area (Å²) in [5, 5.41) is 12.8. The number of nitrogens with zero attached hydrogens (tertiary/aromatic N) is 1. The average Bonchev–Trinajstić information content (AvgIpc) is 2.88. The number of carboxylic acids is 1. The lowest BCUT2D eigenvalue weighted by molar-refractivity contribution is 0.0697. The van der Waals surface area contributed by atoms with E-state index in [9.17, 15) is 4.79 Å². The van der Waals surface area contributed by atoms with Gasteiger partial charge < -0.3 is 15.2 Å². The lowest BCUT2D eigenvalue weighted by atomic mass is 10.2. The molecule has 3 rings (SSSR count). The molecule has 0 spiro atoms. The Morgan fingerprint density at radius 2 is 2.00 bits per heavy atom. The van der Waals surface area contributed by atoms with E-state index in [0.29, 0.717) is 0 Å². The van der Waals surface area contributed by atoms with Crippen molar-refractivity contribution >= 4 is 38.3 Å². The van der Waals surface area contributed by atoms with E-state index in [2.05, 4.69) is 10.3 Å². The molecule has 21 heavy (non-hydrogen) atoms. The van der Waals surface area contributed by atoms with E-state index in [4.69, 9.17) is 9.84 Å². The topological polar surface area (TPSA) is 71.5 Å². The molecule has 1 heterocycles. The molecule has 0 atom stereocenters. The number of fused-ring (bicyclic) bond motifs is 1. The zero-order valence-electron chi connectivity index (χ0n) is 11.2. The van der Waals surface area contributed by atoms with Crippen LogP contribution in [-0.2, 0) is 0 Å². The third-order valence-corrected chi connectivity index (χ3v) is 3.91. The lowest BCUT2D eigenvalue weighted by Crippen LogP contribution is -1.96. The summed E-state index contributed by atoms with van der Waals surface area (Å²) in [5.74, 6) is -0.142. The SMILES string of the molecule is COc1ccc2nc(Nc3ccc(C(=O)O)cc3)sc2c1. The second-order valence-corrected chi connectivity index (χ2v) is 5.39. The molecule has 5 nitrogen and oxygen atoms in total. The van der Waals surface area contributed by atoms with Gasteiger partial charge in [0.05, 0.1) is 22.9 Å². The van der Waals surface area contributed by atoms with Crippen LogP contribution in [0.1, 0.15) is 10.4 Å². The summed E-state index contributed by atoms with van der Waals surface area (Å²) in [4.78, 5) is 15.3. The largest absolute Gasteiger partial charge is 0.497 e. The quantitative estimate of drug-likeness (QED) is 0.768. The number of aromatic nitrogens is 1. The van der Waals surface area contributed by atoms with Gasteiger partial charge in [0.25, 0.3) is 0 Å². The number of thiazole rings is 1. The van der Waals surface area contributed by atoms with Crippen LogP contribution in [-0.4, -0.2) is 23.2 Å². The molecular weight excluding hydrogens is 288 g/mol. The minimum absolute atomic E-state index is 0.259. The number of rotatable bonds is 4. The van der Waals surface area contributed by atoms with Gasteiger partial charge in [0.2, 0.25) is 0 Å². The smallest absolute Gasteiger partial charge is 0.335 e. The monoisotopic (exact) mass is 300 g/mol. The van der Waals surface area contributed by atoms with E-state index in [-0.39, 0.29) is 5.56 Å². The third kappa shape index (κ3) is 2.80. The average molecular weight is 300 g/mol. The van der Waals surface area contributed by atoms with Gasteiger partial charge in [0.1, 0.15) is 5.75 Å². The van der Waals surface area contributed by atoms with Crippen LogP contribution in [0.15, 0.2) is 42.5 Å². The second kappa shape index (κ2) is 5.41. The van der Waals surface area contributed by atoms with Crippen molar-refractivity contribution in [2.24, 2.45) is 0 Å². The maximum absolute atomic E-state index is 10.8. The van der Waals surface area contributed by atoms with E-state index in [1.54, 1.807) is 31.4 Å². The highest BCUT2D eigenvalue weighted by Crippen LogP contribution is 2.30. The van der Waals surface area contributed by atoms with E-state index in [0.717, 1.165) is 26.8 Å². The minimum Gasteiger partial charge on any atom is -0.497 e. The molecule has 0 saturated heterocycles. The summed E-state index contributed by atoms with van der Waals surface area (Å²) in [6.45, 7) is 0.